The maximum absolute atomic E-state index is 11.5. The first-order chi connectivity index (χ1) is 7.61. The summed E-state index contributed by atoms with van der Waals surface area (Å²) in [6, 6.07) is 1.48. The highest BCUT2D eigenvalue weighted by Gasteiger charge is 2.34. The van der Waals surface area contributed by atoms with Crippen LogP contribution in [0.3, 0.4) is 0 Å². The average Bonchev–Trinajstić information content (AvgIpc) is 2.59. The van der Waals surface area contributed by atoms with Crippen LogP contribution in [-0.4, -0.2) is 38.6 Å². The third-order valence-corrected chi connectivity index (χ3v) is 2.55. The van der Waals surface area contributed by atoms with Crippen LogP contribution >= 0.6 is 0 Å². The first-order valence-electron chi connectivity index (χ1n) is 4.91. The first-order valence-corrected chi connectivity index (χ1v) is 4.91. The number of nitrogens with zero attached hydrogens (tertiary/aromatic N) is 2. The molecular weight excluding hydrogens is 226 g/mol. The highest BCUT2D eigenvalue weighted by molar-refractivity contribution is 5.23. The number of hydrogen-bond acceptors (Lipinski definition) is 6. The molecule has 88 valence electrons. The van der Waals surface area contributed by atoms with E-state index in [1.54, 1.807) is 0 Å². The average molecular weight is 239 g/mol. The number of aliphatic hydroxyl groups is 2. The first kappa shape index (κ1) is 11.1. The predicted octanol–water partition coefficient (Wildman–Crippen LogP) is -1.53. The predicted molar refractivity (Wildman–Crippen MR) is 54.5 cm³/mol. The van der Waals surface area contributed by atoms with Crippen LogP contribution in [0.4, 0.5) is 5.82 Å². The summed E-state index contributed by atoms with van der Waals surface area (Å²) in [5.74, 6) is 0.138. The van der Waals surface area contributed by atoms with Crippen LogP contribution in [0.5, 0.6) is 0 Å². The minimum Gasteiger partial charge on any atom is -0.394 e. The Hall–Kier alpha value is -1.44. The van der Waals surface area contributed by atoms with Crippen molar-refractivity contribution in [1.82, 2.24) is 9.55 Å². The van der Waals surface area contributed by atoms with E-state index in [0.717, 1.165) is 0 Å². The molecule has 16 heavy (non-hydrogen) atoms. The zero-order valence-electron chi connectivity index (χ0n) is 8.48. The number of anilines is 1. The SMILES string of the molecule is [15NH2][13c]1[13cH][13cH][15n]([13C@H]2[13CH2][13C@H](O)[13C@@H]([13CH2]O)O2)[13c](=O)[15n]1. The van der Waals surface area contributed by atoms with Crippen molar-refractivity contribution in [2.75, 3.05) is 12.3 Å². The smallest absolute Gasteiger partial charge is 0.351 e. The number of nitrogen functional groups attached to an aromatic ring is 1. The number of aliphatic hydroxyl groups excluding tert-OH is 2. The Kier molecular flexibility index (Phi) is 2.90. The molecule has 4 N–H and O–H groups in total. The molecule has 1 aliphatic heterocycles. The number of nitrogens with two attached hydrogens (primary N) is 1. The molecule has 7 nitrogen and oxygen atoms in total. The van der Waals surface area contributed by atoms with Crippen molar-refractivity contribution < 1.29 is 14.9 Å². The van der Waals surface area contributed by atoms with E-state index in [0.29, 0.717) is 0 Å². The fourth-order valence-electron chi connectivity index (χ4n) is 1.70. The van der Waals surface area contributed by atoms with E-state index >= 15 is 0 Å². The Morgan fingerprint density at radius 2 is 2.44 bits per heavy atom. The van der Waals surface area contributed by atoms with E-state index in [9.17, 15) is 9.90 Å². The molecule has 1 saturated heterocycles. The molecule has 7 heteroatoms. The van der Waals surface area contributed by atoms with Crippen molar-refractivity contribution in [3.63, 3.8) is 0 Å². The van der Waals surface area contributed by atoms with Crippen molar-refractivity contribution in [3.8, 4) is 0 Å². The van der Waals surface area contributed by atoms with Crippen molar-refractivity contribution in [1.29, 1.82) is 0 Å². The number of ether oxygens (including phenoxy) is 1. The molecule has 2 rings (SSSR count). The second kappa shape index (κ2) is 4.20. The summed E-state index contributed by atoms with van der Waals surface area (Å²) in [5, 5.41) is 18.4. The van der Waals surface area contributed by atoms with Gasteiger partial charge in [-0.3, -0.25) is 4.57 Å². The fourth-order valence-corrected chi connectivity index (χ4v) is 1.70. The van der Waals surface area contributed by atoms with Crippen LogP contribution in [-0.2, 0) is 4.74 Å². The minimum atomic E-state index is -0.778. The lowest BCUT2D eigenvalue weighted by Gasteiger charge is -2.13. The Morgan fingerprint density at radius 3 is 3.00 bits per heavy atom. The maximum Gasteiger partial charge on any atom is 0.351 e. The summed E-state index contributed by atoms with van der Waals surface area (Å²) < 4.78 is 6.56. The molecule has 0 aliphatic carbocycles. The van der Waals surface area contributed by atoms with Crippen LogP contribution in [0.2, 0.25) is 0 Å². The van der Waals surface area contributed by atoms with Gasteiger partial charge < -0.3 is 20.7 Å². The van der Waals surface area contributed by atoms with Gasteiger partial charge >= 0.3 is 5.69 Å². The Balaban J connectivity index is 2.23. The maximum atomic E-state index is 11.5. The van der Waals surface area contributed by atoms with Crippen LogP contribution in [0, 0.1) is 0 Å². The van der Waals surface area contributed by atoms with Gasteiger partial charge in [0.1, 0.15) is 18.1 Å². The van der Waals surface area contributed by atoms with E-state index in [1.807, 2.05) is 0 Å². The van der Waals surface area contributed by atoms with Crippen LogP contribution in [0.25, 0.3) is 0 Å². The third kappa shape index (κ3) is 1.92. The minimum absolute atomic E-state index is 0.138. The summed E-state index contributed by atoms with van der Waals surface area (Å²) in [7, 11) is 0. The number of hydrogen-bond donors (Lipinski definition) is 3. The molecule has 0 aromatic carbocycles. The molecule has 0 saturated carbocycles. The molecule has 3 atom stereocenters. The highest BCUT2D eigenvalue weighted by atomic mass is 16.8. The van der Waals surface area contributed by atoms with Gasteiger partial charge in [0.15, 0.2) is 0 Å². The summed E-state index contributed by atoms with van der Waals surface area (Å²) in [5.41, 5.74) is 4.82. The molecule has 0 bridgehead atoms. The standard InChI is InChI=1S/C9H13N3O4/c10-7-1-2-12(9(15)11-7)8-3-5(14)6(4-13)16-8/h1-2,5-6,8,13-14H,3-4H2,(H2,10,11,15)/t5-,6+,8+/m0/s1/i1+1,2+1,3+1,4+1,5+1,6+1,7+1,8+1,9+1,10+1,11+1,12+1. The summed E-state index contributed by atoms with van der Waals surface area (Å²) in [4.78, 5) is 15.0. The van der Waals surface area contributed by atoms with E-state index in [4.69, 9.17) is 15.6 Å². The summed E-state index contributed by atoms with van der Waals surface area (Å²) in [6.07, 6.45) is -0.333. The Bertz CT molecular complexity index is 433. The van der Waals surface area contributed by atoms with Gasteiger partial charge in [0.2, 0.25) is 0 Å². The molecule has 1 aromatic heterocycles. The lowest BCUT2D eigenvalue weighted by Crippen LogP contribution is -2.27. The van der Waals surface area contributed by atoms with Crippen molar-refractivity contribution in [3.05, 3.63) is 22.7 Å². The summed E-state index contributed by atoms with van der Waals surface area (Å²) >= 11 is 0. The van der Waals surface area contributed by atoms with Crippen LogP contribution in [0.15, 0.2) is 17.1 Å². The molecule has 1 fully saturated rings. The highest BCUT2D eigenvalue weighted by Crippen LogP contribution is 2.27. The van der Waals surface area contributed by atoms with Gasteiger partial charge in [-0.15, -0.1) is 0 Å². The molecular formula is C9H13N3O4. The molecule has 1 aromatic rings. The largest absolute Gasteiger partial charge is 0.394 e. The molecule has 0 spiro atoms. The molecule has 1 aliphatic rings. The van der Waals surface area contributed by atoms with E-state index in [-0.39, 0.29) is 18.8 Å². The van der Waals surface area contributed by atoms with Gasteiger partial charge in [-0.25, -0.2) is 4.79 Å². The monoisotopic (exact) mass is 239 g/mol. The topological polar surface area (TPSA) is 111 Å². The van der Waals surface area contributed by atoms with Gasteiger partial charge in [-0.05, 0) is 6.07 Å². The van der Waals surface area contributed by atoms with Gasteiger partial charge in [0.05, 0.1) is 12.7 Å². The fraction of sp³-hybridized carbons (Fsp3) is 0.556. The van der Waals surface area contributed by atoms with Crippen LogP contribution < -0.4 is 11.4 Å². The third-order valence-electron chi connectivity index (χ3n) is 2.55. The van der Waals surface area contributed by atoms with Gasteiger partial charge in [-0.2, -0.15) is 4.98 Å². The second-order valence-electron chi connectivity index (χ2n) is 3.66. The second-order valence-corrected chi connectivity index (χ2v) is 3.66. The Labute approximate surface area is 91.1 Å². The molecule has 0 radical (unpaired) electrons. The molecule has 0 amide bonds. The zero-order valence-corrected chi connectivity index (χ0v) is 8.48. The normalized spacial score (nSPS) is 29.5. The molecule has 2 heterocycles. The number of rotatable bonds is 2. The molecule has 0 unspecified atom stereocenters. The van der Waals surface area contributed by atoms with E-state index in [2.05, 4.69) is 4.98 Å². The Morgan fingerprint density at radius 1 is 1.69 bits per heavy atom. The lowest BCUT2D eigenvalue weighted by atomic mass is 11.1. The van der Waals surface area contributed by atoms with Gasteiger partial charge in [0.25, 0.3) is 0 Å². The lowest BCUT2D eigenvalue weighted by molar-refractivity contribution is -0.0458. The zero-order chi connectivity index (χ0) is 11.7. The van der Waals surface area contributed by atoms with E-state index in [1.165, 1.54) is 16.8 Å². The van der Waals surface area contributed by atoms with Gasteiger partial charge in [0, 0.05) is 12.6 Å². The number of aromatic nitrogens is 2. The van der Waals surface area contributed by atoms with Gasteiger partial charge in [-0.1, -0.05) is 0 Å². The summed E-state index contributed by atoms with van der Waals surface area (Å²) in [6.45, 7) is -0.283. The van der Waals surface area contributed by atoms with Crippen molar-refractivity contribution >= 4 is 5.82 Å². The van der Waals surface area contributed by atoms with Crippen molar-refractivity contribution in [2.45, 2.75) is 24.9 Å². The van der Waals surface area contributed by atoms with Crippen molar-refractivity contribution in [2.24, 2.45) is 0 Å². The quantitative estimate of drug-likeness (QED) is 0.426. The van der Waals surface area contributed by atoms with Crippen LogP contribution in [0.1, 0.15) is 12.6 Å². The van der Waals surface area contributed by atoms with E-state index < -0.39 is 24.1 Å².